The van der Waals surface area contributed by atoms with E-state index in [0.29, 0.717) is 0 Å². The van der Waals surface area contributed by atoms with Crippen molar-refractivity contribution >= 4 is 17.0 Å². The van der Waals surface area contributed by atoms with Crippen LogP contribution in [0.25, 0.3) is 0 Å². The van der Waals surface area contributed by atoms with Gasteiger partial charge in [-0.05, 0) is 12.8 Å². The van der Waals surface area contributed by atoms with Gasteiger partial charge in [0.05, 0.1) is 0 Å². The van der Waals surface area contributed by atoms with Gasteiger partial charge >= 0.3 is 0 Å². The maximum atomic E-state index is 11.3. The smallest absolute Gasteiger partial charge is 0.279 e. The molecular formula is C16H33NOS. The molecule has 0 bridgehead atoms. The predicted molar refractivity (Wildman–Crippen MR) is 88.0 cm³/mol. The normalized spacial score (nSPS) is 10.6. The van der Waals surface area contributed by atoms with Gasteiger partial charge in [-0.15, -0.1) is 0 Å². The predicted octanol–water partition coefficient (Wildman–Crippen LogP) is 5.76. The average Bonchev–Trinajstić information content (AvgIpc) is 2.42. The monoisotopic (exact) mass is 287 g/mol. The van der Waals surface area contributed by atoms with Crippen molar-refractivity contribution in [2.75, 3.05) is 12.3 Å². The highest BCUT2D eigenvalue weighted by Gasteiger charge is 1.99. The number of unbranched alkanes of at least 4 members (excludes halogenated alkanes) is 9. The number of hydrogen-bond donors (Lipinski definition) is 1. The standard InChI is InChI=1S/C16H33NOS/c1-3-5-6-7-8-9-10-11-12-13-15-19-16(18)17-14-4-2/h3-15H2,1-2H3,(H,17,18). The lowest BCUT2D eigenvalue weighted by atomic mass is 10.1. The Morgan fingerprint density at radius 1 is 0.789 bits per heavy atom. The molecule has 0 aliphatic heterocycles. The highest BCUT2D eigenvalue weighted by Crippen LogP contribution is 2.12. The van der Waals surface area contributed by atoms with E-state index in [1.807, 2.05) is 0 Å². The molecule has 0 aliphatic carbocycles. The lowest BCUT2D eigenvalue weighted by Crippen LogP contribution is -2.19. The molecule has 0 aromatic carbocycles. The zero-order chi connectivity index (χ0) is 14.2. The third-order valence-electron chi connectivity index (χ3n) is 3.25. The molecule has 114 valence electrons. The highest BCUT2D eigenvalue weighted by molar-refractivity contribution is 8.13. The van der Waals surface area contributed by atoms with Crippen molar-refractivity contribution in [3.05, 3.63) is 0 Å². The second-order valence-corrected chi connectivity index (χ2v) is 6.31. The van der Waals surface area contributed by atoms with E-state index >= 15 is 0 Å². The van der Waals surface area contributed by atoms with Crippen LogP contribution in [0.15, 0.2) is 0 Å². The number of carbonyl (C=O) groups excluding carboxylic acids is 1. The van der Waals surface area contributed by atoms with E-state index in [1.165, 1.54) is 76.0 Å². The first-order valence-corrected chi connectivity index (χ1v) is 9.20. The summed E-state index contributed by atoms with van der Waals surface area (Å²) in [6.45, 7) is 5.15. The second-order valence-electron chi connectivity index (χ2n) is 5.24. The van der Waals surface area contributed by atoms with Gasteiger partial charge in [-0.25, -0.2) is 0 Å². The van der Waals surface area contributed by atoms with Crippen molar-refractivity contribution < 1.29 is 4.79 Å². The van der Waals surface area contributed by atoms with Gasteiger partial charge < -0.3 is 5.32 Å². The summed E-state index contributed by atoms with van der Waals surface area (Å²) in [5.41, 5.74) is 0. The minimum absolute atomic E-state index is 0.151. The lowest BCUT2D eigenvalue weighted by Gasteiger charge is -2.03. The molecule has 0 spiro atoms. The number of hydrogen-bond acceptors (Lipinski definition) is 2. The second kappa shape index (κ2) is 15.9. The summed E-state index contributed by atoms with van der Waals surface area (Å²) in [6.07, 6.45) is 14.6. The van der Waals surface area contributed by atoms with Gasteiger partial charge in [-0.3, -0.25) is 4.79 Å². The summed E-state index contributed by atoms with van der Waals surface area (Å²) in [7, 11) is 0. The number of nitrogens with one attached hydrogen (secondary N) is 1. The molecule has 0 fully saturated rings. The van der Waals surface area contributed by atoms with E-state index in [1.54, 1.807) is 0 Å². The minimum Gasteiger partial charge on any atom is -0.347 e. The first kappa shape index (κ1) is 18.8. The Balaban J connectivity index is 3.04. The van der Waals surface area contributed by atoms with Crippen molar-refractivity contribution in [1.29, 1.82) is 0 Å². The van der Waals surface area contributed by atoms with Crippen LogP contribution >= 0.6 is 11.8 Å². The van der Waals surface area contributed by atoms with Crippen LogP contribution in [-0.2, 0) is 0 Å². The van der Waals surface area contributed by atoms with Gasteiger partial charge in [-0.2, -0.15) is 0 Å². The summed E-state index contributed by atoms with van der Waals surface area (Å²) in [5, 5.41) is 3.04. The maximum absolute atomic E-state index is 11.3. The van der Waals surface area contributed by atoms with Crippen molar-refractivity contribution in [2.24, 2.45) is 0 Å². The van der Waals surface area contributed by atoms with Gasteiger partial charge in [0, 0.05) is 12.3 Å². The quantitative estimate of drug-likeness (QED) is 0.436. The zero-order valence-corrected chi connectivity index (χ0v) is 13.8. The van der Waals surface area contributed by atoms with Crippen LogP contribution in [0.2, 0.25) is 0 Å². The number of thioether (sulfide) groups is 1. The van der Waals surface area contributed by atoms with Crippen LogP contribution in [0.3, 0.4) is 0 Å². The molecule has 0 rings (SSSR count). The van der Waals surface area contributed by atoms with Gasteiger partial charge in [0.1, 0.15) is 0 Å². The minimum atomic E-state index is 0.151. The fourth-order valence-electron chi connectivity index (χ4n) is 2.03. The molecule has 0 aliphatic rings. The Morgan fingerprint density at radius 2 is 1.32 bits per heavy atom. The van der Waals surface area contributed by atoms with Crippen molar-refractivity contribution in [3.8, 4) is 0 Å². The molecule has 2 nitrogen and oxygen atoms in total. The first-order chi connectivity index (χ1) is 9.31. The molecule has 0 radical (unpaired) electrons. The highest BCUT2D eigenvalue weighted by atomic mass is 32.2. The van der Waals surface area contributed by atoms with Gasteiger partial charge in [0.15, 0.2) is 0 Å². The van der Waals surface area contributed by atoms with Gasteiger partial charge in [0.25, 0.3) is 5.24 Å². The Hall–Kier alpha value is -0.180. The average molecular weight is 288 g/mol. The molecule has 0 aromatic rings. The summed E-state index contributed by atoms with van der Waals surface area (Å²) in [4.78, 5) is 11.3. The Morgan fingerprint density at radius 3 is 1.84 bits per heavy atom. The fourth-order valence-corrected chi connectivity index (χ4v) is 2.77. The summed E-state index contributed by atoms with van der Waals surface area (Å²) < 4.78 is 0. The maximum Gasteiger partial charge on any atom is 0.279 e. The van der Waals surface area contributed by atoms with Gasteiger partial charge in [0.2, 0.25) is 0 Å². The van der Waals surface area contributed by atoms with E-state index in [-0.39, 0.29) is 5.24 Å². The Bertz CT molecular complexity index is 197. The molecule has 0 saturated heterocycles. The zero-order valence-electron chi connectivity index (χ0n) is 13.0. The lowest BCUT2D eigenvalue weighted by molar-refractivity contribution is 0.260. The van der Waals surface area contributed by atoms with Crippen LogP contribution in [0.1, 0.15) is 84.5 Å². The van der Waals surface area contributed by atoms with Crippen LogP contribution < -0.4 is 5.32 Å². The summed E-state index contributed by atoms with van der Waals surface area (Å²) in [6, 6.07) is 0. The molecule has 0 unspecified atom stereocenters. The summed E-state index contributed by atoms with van der Waals surface area (Å²) >= 11 is 1.44. The van der Waals surface area contributed by atoms with Crippen molar-refractivity contribution in [1.82, 2.24) is 5.32 Å². The number of amides is 1. The Kier molecular flexibility index (Phi) is 15.7. The SMILES string of the molecule is CCCCCCCCCCCCSC(=O)NCCC. The topological polar surface area (TPSA) is 29.1 Å². The van der Waals surface area contributed by atoms with Crippen LogP contribution in [0.4, 0.5) is 4.79 Å². The van der Waals surface area contributed by atoms with E-state index < -0.39 is 0 Å². The molecule has 3 heteroatoms. The van der Waals surface area contributed by atoms with E-state index in [2.05, 4.69) is 19.2 Å². The molecule has 1 N–H and O–H groups in total. The summed E-state index contributed by atoms with van der Waals surface area (Å²) in [5.74, 6) is 0.978. The first-order valence-electron chi connectivity index (χ1n) is 8.21. The molecule has 19 heavy (non-hydrogen) atoms. The van der Waals surface area contributed by atoms with E-state index in [9.17, 15) is 4.79 Å². The molecule has 0 atom stereocenters. The van der Waals surface area contributed by atoms with Crippen LogP contribution in [0, 0.1) is 0 Å². The molecule has 1 amide bonds. The van der Waals surface area contributed by atoms with Crippen LogP contribution in [-0.4, -0.2) is 17.5 Å². The van der Waals surface area contributed by atoms with E-state index in [0.717, 1.165) is 18.7 Å². The molecule has 0 aromatic heterocycles. The molecule has 0 heterocycles. The third kappa shape index (κ3) is 15.8. The largest absolute Gasteiger partial charge is 0.347 e. The van der Waals surface area contributed by atoms with E-state index in [4.69, 9.17) is 0 Å². The fraction of sp³-hybridized carbons (Fsp3) is 0.938. The Labute approximate surface area is 124 Å². The van der Waals surface area contributed by atoms with Crippen LogP contribution in [0.5, 0.6) is 0 Å². The van der Waals surface area contributed by atoms with Crippen molar-refractivity contribution in [3.63, 3.8) is 0 Å². The molecular weight excluding hydrogens is 254 g/mol. The van der Waals surface area contributed by atoms with Crippen molar-refractivity contribution in [2.45, 2.75) is 84.5 Å². The van der Waals surface area contributed by atoms with Gasteiger partial charge in [-0.1, -0.05) is 83.4 Å². The number of rotatable bonds is 13. The third-order valence-corrected chi connectivity index (χ3v) is 4.15. The number of carbonyl (C=O) groups is 1. The molecule has 0 saturated carbocycles.